The number of anilines is 3. The highest BCUT2D eigenvalue weighted by Gasteiger charge is 2.50. The van der Waals surface area contributed by atoms with E-state index in [1.54, 1.807) is 0 Å². The van der Waals surface area contributed by atoms with Crippen molar-refractivity contribution in [3.8, 4) is 0 Å². The molecule has 14 rings (SSSR count). The third-order valence-corrected chi connectivity index (χ3v) is 25.4. The number of pyridine rings is 2. The molecule has 0 fully saturated rings. The van der Waals surface area contributed by atoms with Crippen molar-refractivity contribution in [2.24, 2.45) is 0 Å². The van der Waals surface area contributed by atoms with Crippen molar-refractivity contribution in [1.29, 1.82) is 0 Å². The van der Waals surface area contributed by atoms with Gasteiger partial charge in [-0.3, -0.25) is 9.30 Å². The summed E-state index contributed by atoms with van der Waals surface area (Å²) in [5.74, 6) is 0.978. The molecule has 1 aliphatic heterocycles. The van der Waals surface area contributed by atoms with E-state index < -0.39 is 16.1 Å². The Bertz CT molecular complexity index is 4020. The highest BCUT2D eigenvalue weighted by molar-refractivity contribution is 7.26. The molecular weight excluding hydrogens is 889 g/mol. The summed E-state index contributed by atoms with van der Waals surface area (Å²) in [6.07, 6.45) is 6.00. The lowest BCUT2D eigenvalue weighted by Gasteiger charge is -2.44. The minimum atomic E-state index is -3.11. The molecule has 0 radical (unpaired) electrons. The van der Waals surface area contributed by atoms with Crippen LogP contribution < -0.4 is 46.4 Å². The topological polar surface area (TPSA) is 33.4 Å². The van der Waals surface area contributed by atoms with E-state index in [9.17, 15) is 0 Å². The minimum absolute atomic E-state index is 0.965. The van der Waals surface area contributed by atoms with Gasteiger partial charge in [0.15, 0.2) is 16.1 Å². The predicted octanol–water partition coefficient (Wildman–Crippen LogP) is 9.94. The van der Waals surface area contributed by atoms with Gasteiger partial charge in [0.2, 0.25) is 0 Å². The van der Waals surface area contributed by atoms with Gasteiger partial charge in [0.1, 0.15) is 11.5 Å². The Labute approximate surface area is 405 Å². The SMILES string of the molecule is c1ccc([Si](c2ccccc2)(c2cccc(N3c4cc5c(cc4[Si](c4ccccc4)(c4ccccc4)c4cccnc43)sc3ccccc35)c2)c2ccc3c4ccccc4n4ccnc4c3c2)cc1. The van der Waals surface area contributed by atoms with Crippen molar-refractivity contribution in [3.63, 3.8) is 0 Å². The molecule has 324 valence electrons. The number of imidazole rings is 1. The van der Waals surface area contributed by atoms with Crippen LogP contribution in [0.25, 0.3) is 47.5 Å². The predicted molar refractivity (Wildman–Crippen MR) is 296 cm³/mol. The molecule has 0 spiro atoms. The average molecular weight is 931 g/mol. The zero-order valence-corrected chi connectivity index (χ0v) is 40.3. The van der Waals surface area contributed by atoms with Crippen LogP contribution in [0.3, 0.4) is 0 Å². The van der Waals surface area contributed by atoms with E-state index in [4.69, 9.17) is 9.97 Å². The van der Waals surface area contributed by atoms with Crippen molar-refractivity contribution >= 4 is 134 Å². The highest BCUT2D eigenvalue weighted by Crippen LogP contribution is 2.42. The molecule has 4 nitrogen and oxygen atoms in total. The summed E-state index contributed by atoms with van der Waals surface area (Å²) in [6, 6.07) is 88.9. The molecule has 1 aliphatic rings. The van der Waals surface area contributed by atoms with Crippen molar-refractivity contribution in [2.75, 3.05) is 4.90 Å². The number of aromatic nitrogens is 3. The molecule has 5 heterocycles. The summed E-state index contributed by atoms with van der Waals surface area (Å²) in [4.78, 5) is 13.0. The fourth-order valence-electron chi connectivity index (χ4n) is 11.9. The molecule has 0 bridgehead atoms. The fourth-order valence-corrected chi connectivity index (χ4v) is 22.9. The van der Waals surface area contributed by atoms with Gasteiger partial charge in [0, 0.05) is 60.9 Å². The van der Waals surface area contributed by atoms with Crippen LogP contribution in [0, 0.1) is 0 Å². The Kier molecular flexibility index (Phi) is 9.07. The van der Waals surface area contributed by atoms with Crippen LogP contribution >= 0.6 is 11.3 Å². The molecule has 0 amide bonds. The van der Waals surface area contributed by atoms with E-state index in [1.807, 2.05) is 23.7 Å². The van der Waals surface area contributed by atoms with E-state index in [2.05, 4.69) is 252 Å². The van der Waals surface area contributed by atoms with Crippen LogP contribution in [0.2, 0.25) is 0 Å². The summed E-state index contributed by atoms with van der Waals surface area (Å²) in [5, 5.41) is 16.7. The van der Waals surface area contributed by atoms with Gasteiger partial charge in [0.05, 0.1) is 5.52 Å². The van der Waals surface area contributed by atoms with Crippen LogP contribution in [0.4, 0.5) is 17.2 Å². The Morgan fingerprint density at radius 3 is 1.78 bits per heavy atom. The van der Waals surface area contributed by atoms with Gasteiger partial charge in [-0.15, -0.1) is 11.3 Å². The van der Waals surface area contributed by atoms with Crippen LogP contribution in [-0.2, 0) is 0 Å². The van der Waals surface area contributed by atoms with Crippen molar-refractivity contribution in [1.82, 2.24) is 14.4 Å². The number of para-hydroxylation sites is 1. The van der Waals surface area contributed by atoms with E-state index in [0.29, 0.717) is 0 Å². The molecule has 7 heteroatoms. The Balaban J connectivity index is 1.08. The monoisotopic (exact) mass is 930 g/mol. The van der Waals surface area contributed by atoms with Gasteiger partial charge in [-0.2, -0.15) is 0 Å². The van der Waals surface area contributed by atoms with Crippen LogP contribution in [0.5, 0.6) is 0 Å². The molecular formula is C62H42N4SSi2. The normalized spacial score (nSPS) is 13.3. The Morgan fingerprint density at radius 2 is 1.04 bits per heavy atom. The third kappa shape index (κ3) is 5.79. The standard InChI is InChI=1S/C62H42N4SSi2/c1-5-20-44(21-6-1)68(45-22-7-2-8-23-45,49-34-35-50-51-29-13-15-31-55(51)65-38-37-64-61(65)54(50)40-49)48-28-17-19-43(39-48)66-56-41-53-52-30-14-16-32-57(52)67-58(53)42-60(56)69(46-24-9-3-10-25-46,47-26-11-4-12-27-47)59-33-18-36-63-62(59)66/h1-42H. The van der Waals surface area contributed by atoms with E-state index in [0.717, 1.165) is 28.1 Å². The fraction of sp³-hybridized carbons (Fsp3) is 0. The van der Waals surface area contributed by atoms with Crippen molar-refractivity contribution in [3.05, 3.63) is 255 Å². The summed E-state index contributed by atoms with van der Waals surface area (Å²) in [5.41, 5.74) is 4.39. The number of rotatable bonds is 7. The second-order valence-electron chi connectivity index (χ2n) is 18.1. The molecule has 0 N–H and O–H groups in total. The lowest BCUT2D eigenvalue weighted by Crippen LogP contribution is -2.77. The molecule has 0 atom stereocenters. The van der Waals surface area contributed by atoms with E-state index >= 15 is 0 Å². The summed E-state index contributed by atoms with van der Waals surface area (Å²) in [7, 11) is -6.09. The van der Waals surface area contributed by atoms with Crippen LogP contribution in [-0.4, -0.2) is 30.5 Å². The van der Waals surface area contributed by atoms with Crippen molar-refractivity contribution in [2.45, 2.75) is 0 Å². The maximum absolute atomic E-state index is 5.47. The van der Waals surface area contributed by atoms with E-state index in [-0.39, 0.29) is 0 Å². The molecule has 0 saturated heterocycles. The number of hydrogen-bond donors (Lipinski definition) is 0. The summed E-state index contributed by atoms with van der Waals surface area (Å²) < 4.78 is 4.84. The third-order valence-electron chi connectivity index (χ3n) is 14.7. The van der Waals surface area contributed by atoms with Crippen LogP contribution in [0.1, 0.15) is 0 Å². The molecule has 4 aromatic heterocycles. The highest BCUT2D eigenvalue weighted by atomic mass is 32.1. The first-order valence-electron chi connectivity index (χ1n) is 23.5. The molecule has 9 aromatic carbocycles. The van der Waals surface area contributed by atoms with Gasteiger partial charge >= 0.3 is 0 Å². The molecule has 0 unspecified atom stereocenters. The number of hydrogen-bond acceptors (Lipinski definition) is 4. The second-order valence-corrected chi connectivity index (χ2v) is 26.7. The van der Waals surface area contributed by atoms with E-state index in [1.165, 1.54) is 78.1 Å². The first-order chi connectivity index (χ1) is 34.2. The first kappa shape index (κ1) is 39.9. The number of fused-ring (bicyclic) bond motifs is 11. The average Bonchev–Trinajstić information content (AvgIpc) is 4.07. The molecule has 69 heavy (non-hydrogen) atoms. The molecule has 13 aromatic rings. The van der Waals surface area contributed by atoms with Crippen molar-refractivity contribution < 1.29 is 0 Å². The maximum Gasteiger partial charge on any atom is 0.186 e. The summed E-state index contributed by atoms with van der Waals surface area (Å²) >= 11 is 1.89. The van der Waals surface area contributed by atoms with Gasteiger partial charge < -0.3 is 0 Å². The summed E-state index contributed by atoms with van der Waals surface area (Å²) in [6.45, 7) is 0. The van der Waals surface area contributed by atoms with Gasteiger partial charge in [-0.05, 0) is 89.3 Å². The first-order valence-corrected chi connectivity index (χ1v) is 28.4. The largest absolute Gasteiger partial charge is 0.299 e. The lowest BCUT2D eigenvalue weighted by molar-refractivity contribution is 1.19. The van der Waals surface area contributed by atoms with Crippen LogP contribution in [0.15, 0.2) is 255 Å². The second kappa shape index (κ2) is 15.7. The quantitative estimate of drug-likeness (QED) is 0.0908. The number of benzene rings is 9. The molecule has 0 saturated carbocycles. The van der Waals surface area contributed by atoms with Gasteiger partial charge in [-0.25, -0.2) is 9.97 Å². The lowest BCUT2D eigenvalue weighted by atomic mass is 10.1. The number of nitrogens with zero attached hydrogens (tertiary/aromatic N) is 4. The maximum atomic E-state index is 5.47. The smallest absolute Gasteiger partial charge is 0.186 e. The minimum Gasteiger partial charge on any atom is -0.299 e. The number of thiophene rings is 1. The molecule has 0 aliphatic carbocycles. The zero-order valence-electron chi connectivity index (χ0n) is 37.4. The Morgan fingerprint density at radius 1 is 0.406 bits per heavy atom. The van der Waals surface area contributed by atoms with Gasteiger partial charge in [0.25, 0.3) is 0 Å². The van der Waals surface area contributed by atoms with Gasteiger partial charge in [-0.1, -0.05) is 194 Å². The Hall–Kier alpha value is -8.21. The zero-order chi connectivity index (χ0) is 45.5.